The van der Waals surface area contributed by atoms with Gasteiger partial charge in [-0.2, -0.15) is 0 Å². The van der Waals surface area contributed by atoms with Crippen LogP contribution in [-0.2, 0) is 11.3 Å². The van der Waals surface area contributed by atoms with Gasteiger partial charge in [-0.05, 0) is 12.8 Å². The molecule has 7 heteroatoms. The van der Waals surface area contributed by atoms with E-state index in [4.69, 9.17) is 9.84 Å². The first kappa shape index (κ1) is 15.6. The molecular formula is C12H22N4O3. The monoisotopic (exact) mass is 270 g/mol. The van der Waals surface area contributed by atoms with Gasteiger partial charge in [-0.1, -0.05) is 19.1 Å². The van der Waals surface area contributed by atoms with E-state index in [2.05, 4.69) is 29.5 Å². The Morgan fingerprint density at radius 1 is 1.58 bits per heavy atom. The van der Waals surface area contributed by atoms with Gasteiger partial charge in [-0.25, -0.2) is 4.79 Å². The lowest BCUT2D eigenvalue weighted by molar-refractivity contribution is 0.0690. The Morgan fingerprint density at radius 2 is 2.32 bits per heavy atom. The zero-order chi connectivity index (χ0) is 14.3. The predicted octanol–water partition coefficient (Wildman–Crippen LogP) is 0.627. The maximum Gasteiger partial charge on any atom is 0.358 e. The molecule has 1 aromatic heterocycles. The maximum atomic E-state index is 10.7. The lowest BCUT2D eigenvalue weighted by Crippen LogP contribution is -2.39. The molecule has 0 bridgehead atoms. The van der Waals surface area contributed by atoms with E-state index in [0.717, 1.165) is 0 Å². The van der Waals surface area contributed by atoms with E-state index in [9.17, 15) is 4.79 Å². The zero-order valence-corrected chi connectivity index (χ0v) is 11.7. The molecule has 1 aromatic rings. The lowest BCUT2D eigenvalue weighted by atomic mass is 10.1. The smallest absolute Gasteiger partial charge is 0.358 e. The number of carboxylic acid groups (broad SMARTS) is 1. The average molecular weight is 270 g/mol. The number of carbonyl (C=O) groups is 1. The summed E-state index contributed by atoms with van der Waals surface area (Å²) in [6, 6.07) is 0.280. The van der Waals surface area contributed by atoms with Crippen molar-refractivity contribution < 1.29 is 14.6 Å². The first-order valence-corrected chi connectivity index (χ1v) is 6.49. The minimum absolute atomic E-state index is 0.0327. The fraction of sp³-hybridized carbons (Fsp3) is 0.750. The van der Waals surface area contributed by atoms with Crippen LogP contribution in [0.3, 0.4) is 0 Å². The highest BCUT2D eigenvalue weighted by molar-refractivity contribution is 5.84. The fourth-order valence-corrected chi connectivity index (χ4v) is 1.60. The van der Waals surface area contributed by atoms with Gasteiger partial charge >= 0.3 is 5.97 Å². The standard InChI is InChI=1S/C12H22N4O3/c1-4-19-8-11(9(2)3)13-5-6-16-7-10(12(17)18)14-15-16/h7,9,11,13H,4-6,8H2,1-3H3,(H,17,18). The molecule has 1 rings (SSSR count). The summed E-state index contributed by atoms with van der Waals surface area (Å²) in [6.45, 7) is 8.89. The molecular weight excluding hydrogens is 248 g/mol. The minimum Gasteiger partial charge on any atom is -0.476 e. The van der Waals surface area contributed by atoms with Crippen molar-refractivity contribution in [3.8, 4) is 0 Å². The van der Waals surface area contributed by atoms with Crippen molar-refractivity contribution in [2.75, 3.05) is 19.8 Å². The average Bonchev–Trinajstić information content (AvgIpc) is 2.82. The summed E-state index contributed by atoms with van der Waals surface area (Å²) in [5.74, 6) is -0.590. The Balaban J connectivity index is 2.36. The van der Waals surface area contributed by atoms with Crippen molar-refractivity contribution in [1.82, 2.24) is 20.3 Å². The predicted molar refractivity (Wildman–Crippen MR) is 70.1 cm³/mol. The largest absolute Gasteiger partial charge is 0.476 e. The van der Waals surface area contributed by atoms with Crippen LogP contribution < -0.4 is 5.32 Å². The quantitative estimate of drug-likeness (QED) is 0.684. The molecule has 7 nitrogen and oxygen atoms in total. The van der Waals surface area contributed by atoms with Crippen LogP contribution in [0.4, 0.5) is 0 Å². The van der Waals surface area contributed by atoms with Crippen LogP contribution in [0.5, 0.6) is 0 Å². The number of carboxylic acids is 1. The molecule has 0 aliphatic carbocycles. The first-order valence-electron chi connectivity index (χ1n) is 6.49. The van der Waals surface area contributed by atoms with Crippen LogP contribution in [0.15, 0.2) is 6.20 Å². The highest BCUT2D eigenvalue weighted by Gasteiger charge is 2.13. The zero-order valence-electron chi connectivity index (χ0n) is 11.7. The number of hydrogen-bond donors (Lipinski definition) is 2. The van der Waals surface area contributed by atoms with E-state index in [1.165, 1.54) is 10.9 Å². The second-order valence-electron chi connectivity index (χ2n) is 4.64. The lowest BCUT2D eigenvalue weighted by Gasteiger charge is -2.22. The molecule has 108 valence electrons. The van der Waals surface area contributed by atoms with Crippen LogP contribution >= 0.6 is 0 Å². The number of rotatable bonds is 9. The molecule has 0 radical (unpaired) electrons. The van der Waals surface area contributed by atoms with Gasteiger partial charge < -0.3 is 15.2 Å². The second kappa shape index (κ2) is 7.85. The molecule has 0 amide bonds. The third-order valence-electron chi connectivity index (χ3n) is 2.81. The topological polar surface area (TPSA) is 89.3 Å². The summed E-state index contributed by atoms with van der Waals surface area (Å²) in [4.78, 5) is 10.7. The summed E-state index contributed by atoms with van der Waals surface area (Å²) in [5.41, 5.74) is -0.0327. The summed E-state index contributed by atoms with van der Waals surface area (Å²) < 4.78 is 6.94. The summed E-state index contributed by atoms with van der Waals surface area (Å²) in [5, 5.41) is 19.4. The number of aromatic carboxylic acids is 1. The maximum absolute atomic E-state index is 10.7. The summed E-state index contributed by atoms with van der Waals surface area (Å²) in [6.07, 6.45) is 1.43. The van der Waals surface area contributed by atoms with Crippen LogP contribution in [-0.4, -0.2) is 51.9 Å². The summed E-state index contributed by atoms with van der Waals surface area (Å²) in [7, 11) is 0. The number of ether oxygens (including phenoxy) is 1. The molecule has 19 heavy (non-hydrogen) atoms. The van der Waals surface area contributed by atoms with Gasteiger partial charge in [0.15, 0.2) is 5.69 Å². The normalized spacial score (nSPS) is 12.8. The van der Waals surface area contributed by atoms with Crippen molar-refractivity contribution in [3.05, 3.63) is 11.9 Å². The fourth-order valence-electron chi connectivity index (χ4n) is 1.60. The van der Waals surface area contributed by atoms with Crippen LogP contribution in [0.25, 0.3) is 0 Å². The highest BCUT2D eigenvalue weighted by Crippen LogP contribution is 2.02. The Hall–Kier alpha value is -1.47. The Morgan fingerprint density at radius 3 is 2.84 bits per heavy atom. The molecule has 2 N–H and O–H groups in total. The SMILES string of the molecule is CCOCC(NCCn1cc(C(=O)O)nn1)C(C)C. The van der Waals surface area contributed by atoms with Crippen molar-refractivity contribution >= 4 is 5.97 Å². The molecule has 0 aliphatic heterocycles. The van der Waals surface area contributed by atoms with Crippen LogP contribution in [0.2, 0.25) is 0 Å². The van der Waals surface area contributed by atoms with Gasteiger partial charge in [0.2, 0.25) is 0 Å². The van der Waals surface area contributed by atoms with Crippen molar-refractivity contribution in [2.24, 2.45) is 5.92 Å². The molecule has 1 heterocycles. The van der Waals surface area contributed by atoms with Gasteiger partial charge in [0, 0.05) is 19.2 Å². The third-order valence-corrected chi connectivity index (χ3v) is 2.81. The van der Waals surface area contributed by atoms with Gasteiger partial charge in [-0.15, -0.1) is 5.10 Å². The molecule has 1 atom stereocenters. The Kier molecular flexibility index (Phi) is 6.44. The van der Waals surface area contributed by atoms with Gasteiger partial charge in [0.05, 0.1) is 19.3 Å². The van der Waals surface area contributed by atoms with Crippen LogP contribution in [0, 0.1) is 5.92 Å². The number of aromatic nitrogens is 3. The first-order chi connectivity index (χ1) is 9.04. The van der Waals surface area contributed by atoms with E-state index < -0.39 is 5.97 Å². The molecule has 1 unspecified atom stereocenters. The molecule has 0 aromatic carbocycles. The third kappa shape index (κ3) is 5.35. The van der Waals surface area contributed by atoms with Crippen molar-refractivity contribution in [2.45, 2.75) is 33.4 Å². The molecule has 0 fully saturated rings. The number of nitrogens with zero attached hydrogens (tertiary/aromatic N) is 3. The van der Waals surface area contributed by atoms with Crippen molar-refractivity contribution in [1.29, 1.82) is 0 Å². The molecule has 0 spiro atoms. The van der Waals surface area contributed by atoms with Crippen molar-refractivity contribution in [3.63, 3.8) is 0 Å². The van der Waals surface area contributed by atoms with E-state index >= 15 is 0 Å². The molecule has 0 aliphatic rings. The van der Waals surface area contributed by atoms with Gasteiger partial charge in [0.25, 0.3) is 0 Å². The number of nitrogens with one attached hydrogen (secondary N) is 1. The van der Waals surface area contributed by atoms with Gasteiger partial charge in [0.1, 0.15) is 0 Å². The summed E-state index contributed by atoms with van der Waals surface area (Å²) >= 11 is 0. The van der Waals surface area contributed by atoms with Gasteiger partial charge in [-0.3, -0.25) is 4.68 Å². The van der Waals surface area contributed by atoms with E-state index in [0.29, 0.717) is 32.2 Å². The highest BCUT2D eigenvalue weighted by atomic mass is 16.5. The number of hydrogen-bond acceptors (Lipinski definition) is 5. The molecule has 0 saturated carbocycles. The second-order valence-corrected chi connectivity index (χ2v) is 4.64. The van der Waals surface area contributed by atoms with E-state index in [1.54, 1.807) is 0 Å². The Bertz CT molecular complexity index is 392. The molecule has 0 saturated heterocycles. The van der Waals surface area contributed by atoms with E-state index in [-0.39, 0.29) is 11.7 Å². The van der Waals surface area contributed by atoms with Crippen LogP contribution in [0.1, 0.15) is 31.3 Å². The Labute approximate surface area is 112 Å². The minimum atomic E-state index is -1.06. The van der Waals surface area contributed by atoms with E-state index in [1.807, 2.05) is 6.92 Å².